The van der Waals surface area contributed by atoms with E-state index in [0.29, 0.717) is 0 Å². The number of rotatable bonds is 6. The Bertz CT molecular complexity index is 1250. The van der Waals surface area contributed by atoms with Crippen molar-refractivity contribution in [1.82, 2.24) is 14.1 Å². The number of aromatic nitrogens is 3. The van der Waals surface area contributed by atoms with Crippen LogP contribution in [0.25, 0.3) is 22.4 Å². The molecule has 0 aliphatic carbocycles. The first-order chi connectivity index (χ1) is 14.4. The van der Waals surface area contributed by atoms with Crippen LogP contribution in [0.4, 0.5) is 5.69 Å². The number of imidazole rings is 1. The number of benzene rings is 2. The van der Waals surface area contributed by atoms with E-state index >= 15 is 0 Å². The van der Waals surface area contributed by atoms with Gasteiger partial charge in [-0.3, -0.25) is 0 Å². The minimum atomic E-state index is 0.847. The van der Waals surface area contributed by atoms with Crippen molar-refractivity contribution in [1.29, 1.82) is 0 Å². The topological polar surface area (TPSA) is 48.2 Å². The van der Waals surface area contributed by atoms with E-state index < -0.39 is 0 Å². The summed E-state index contributed by atoms with van der Waals surface area (Å²) in [4.78, 5) is 9.97. The van der Waals surface area contributed by atoms with Crippen LogP contribution in [0.2, 0.25) is 0 Å². The highest BCUT2D eigenvalue weighted by Gasteiger charge is 2.13. The van der Waals surface area contributed by atoms with Crippen LogP contribution in [0.1, 0.15) is 6.42 Å². The Morgan fingerprint density at radius 1 is 1.00 bits per heavy atom. The van der Waals surface area contributed by atoms with Crippen molar-refractivity contribution in [3.63, 3.8) is 0 Å². The molecule has 3 heterocycles. The molecule has 0 saturated carbocycles. The first kappa shape index (κ1) is 17.7. The van der Waals surface area contributed by atoms with Gasteiger partial charge in [0.15, 0.2) is 10.6 Å². The lowest BCUT2D eigenvalue weighted by Crippen LogP contribution is -2.17. The number of thiazole rings is 1. The standard InChI is InChI=1S/C23H20N4OS/c1-2-8-19(9-3-1)25-23-27(13-6-12-26-14-11-24-17-26)20(16-29-23)22-15-18-7-4-5-10-21(18)28-22/h1-5,7-11,14-17H,6,12-13H2. The van der Waals surface area contributed by atoms with Crippen molar-refractivity contribution >= 4 is 28.0 Å². The molecule has 144 valence electrons. The minimum absolute atomic E-state index is 0.847. The van der Waals surface area contributed by atoms with E-state index in [1.807, 2.05) is 67.3 Å². The van der Waals surface area contributed by atoms with E-state index in [-0.39, 0.29) is 0 Å². The Labute approximate surface area is 172 Å². The van der Waals surface area contributed by atoms with Crippen molar-refractivity contribution in [2.45, 2.75) is 19.5 Å². The molecule has 5 rings (SSSR count). The van der Waals surface area contributed by atoms with E-state index in [4.69, 9.17) is 9.41 Å². The molecule has 0 atom stereocenters. The maximum atomic E-state index is 6.14. The van der Waals surface area contributed by atoms with Crippen LogP contribution in [0.3, 0.4) is 0 Å². The van der Waals surface area contributed by atoms with E-state index in [2.05, 4.69) is 31.6 Å². The first-order valence-electron chi connectivity index (χ1n) is 9.60. The summed E-state index contributed by atoms with van der Waals surface area (Å²) in [6.07, 6.45) is 6.64. The zero-order valence-electron chi connectivity index (χ0n) is 15.8. The van der Waals surface area contributed by atoms with Crippen LogP contribution in [0.15, 0.2) is 94.2 Å². The molecular formula is C23H20N4OS. The Morgan fingerprint density at radius 3 is 2.69 bits per heavy atom. The van der Waals surface area contributed by atoms with Gasteiger partial charge >= 0.3 is 0 Å². The highest BCUT2D eigenvalue weighted by molar-refractivity contribution is 7.07. The maximum Gasteiger partial charge on any atom is 0.190 e. The maximum absolute atomic E-state index is 6.14. The predicted octanol–water partition coefficient (Wildman–Crippen LogP) is 5.48. The van der Waals surface area contributed by atoms with E-state index in [9.17, 15) is 0 Å². The molecule has 3 aromatic heterocycles. The summed E-state index contributed by atoms with van der Waals surface area (Å²) in [5.74, 6) is 0.875. The summed E-state index contributed by atoms with van der Waals surface area (Å²) < 4.78 is 10.5. The van der Waals surface area contributed by atoms with Gasteiger partial charge in [-0.25, -0.2) is 9.98 Å². The molecule has 0 aliphatic rings. The number of hydrogen-bond acceptors (Lipinski definition) is 4. The van der Waals surface area contributed by atoms with Crippen LogP contribution < -0.4 is 4.80 Å². The predicted molar refractivity (Wildman–Crippen MR) is 116 cm³/mol. The number of furan rings is 1. The molecule has 6 heteroatoms. The van der Waals surface area contributed by atoms with Crippen molar-refractivity contribution in [3.05, 3.63) is 89.6 Å². The average molecular weight is 401 g/mol. The molecule has 5 nitrogen and oxygen atoms in total. The van der Waals surface area contributed by atoms with Crippen LogP contribution >= 0.6 is 11.3 Å². The monoisotopic (exact) mass is 400 g/mol. The third-order valence-corrected chi connectivity index (χ3v) is 5.68. The van der Waals surface area contributed by atoms with Crippen molar-refractivity contribution in [2.24, 2.45) is 4.99 Å². The van der Waals surface area contributed by atoms with Gasteiger partial charge in [0.05, 0.1) is 17.7 Å². The molecule has 0 fully saturated rings. The molecule has 0 unspecified atom stereocenters. The molecule has 0 saturated heterocycles. The van der Waals surface area contributed by atoms with Gasteiger partial charge in [-0.2, -0.15) is 0 Å². The van der Waals surface area contributed by atoms with Crippen LogP contribution in [-0.4, -0.2) is 14.1 Å². The van der Waals surface area contributed by atoms with Gasteiger partial charge in [0.25, 0.3) is 0 Å². The summed E-state index contributed by atoms with van der Waals surface area (Å²) in [5, 5.41) is 3.25. The molecule has 0 N–H and O–H groups in total. The number of hydrogen-bond donors (Lipinski definition) is 0. The Balaban J connectivity index is 1.54. The molecule has 5 aromatic rings. The highest BCUT2D eigenvalue weighted by Crippen LogP contribution is 2.28. The van der Waals surface area contributed by atoms with E-state index in [1.54, 1.807) is 11.3 Å². The van der Waals surface area contributed by atoms with Crippen LogP contribution in [0.5, 0.6) is 0 Å². The Morgan fingerprint density at radius 2 is 1.86 bits per heavy atom. The lowest BCUT2D eigenvalue weighted by atomic mass is 10.2. The largest absolute Gasteiger partial charge is 0.454 e. The smallest absolute Gasteiger partial charge is 0.190 e. The Kier molecular flexibility index (Phi) is 4.84. The number of nitrogens with zero attached hydrogens (tertiary/aromatic N) is 4. The second-order valence-corrected chi connectivity index (χ2v) is 7.64. The van der Waals surface area contributed by atoms with Gasteiger partial charge < -0.3 is 13.6 Å². The quantitative estimate of drug-likeness (QED) is 0.379. The molecule has 0 spiro atoms. The third-order valence-electron chi connectivity index (χ3n) is 4.81. The third kappa shape index (κ3) is 3.79. The minimum Gasteiger partial charge on any atom is -0.454 e. The van der Waals surface area contributed by atoms with Crippen molar-refractivity contribution in [3.8, 4) is 11.5 Å². The van der Waals surface area contributed by atoms with Gasteiger partial charge in [0.2, 0.25) is 0 Å². The lowest BCUT2D eigenvalue weighted by Gasteiger charge is -2.08. The Hall–Kier alpha value is -3.38. The zero-order valence-corrected chi connectivity index (χ0v) is 16.6. The summed E-state index contributed by atoms with van der Waals surface area (Å²) in [6, 6.07) is 20.3. The summed E-state index contributed by atoms with van der Waals surface area (Å²) in [7, 11) is 0. The number of aryl methyl sites for hydroxylation is 1. The zero-order chi connectivity index (χ0) is 19.5. The van der Waals surface area contributed by atoms with Gasteiger partial charge in [-0.1, -0.05) is 36.4 Å². The molecular weight excluding hydrogens is 380 g/mol. The summed E-state index contributed by atoms with van der Waals surface area (Å²) in [5.41, 5.74) is 2.92. The van der Waals surface area contributed by atoms with Gasteiger partial charge in [0.1, 0.15) is 5.58 Å². The van der Waals surface area contributed by atoms with E-state index in [1.165, 1.54) is 0 Å². The van der Waals surface area contributed by atoms with E-state index in [0.717, 1.165) is 52.4 Å². The van der Waals surface area contributed by atoms with Crippen molar-refractivity contribution < 1.29 is 4.42 Å². The number of fused-ring (bicyclic) bond motifs is 1. The highest BCUT2D eigenvalue weighted by atomic mass is 32.1. The molecule has 0 aliphatic heterocycles. The fraction of sp³-hybridized carbons (Fsp3) is 0.130. The van der Waals surface area contributed by atoms with Gasteiger partial charge in [-0.15, -0.1) is 11.3 Å². The molecule has 0 radical (unpaired) electrons. The molecule has 2 aromatic carbocycles. The normalized spacial score (nSPS) is 12.1. The lowest BCUT2D eigenvalue weighted by molar-refractivity contribution is 0.549. The fourth-order valence-corrected chi connectivity index (χ4v) is 4.32. The summed E-state index contributed by atoms with van der Waals surface area (Å²) in [6.45, 7) is 1.76. The first-order valence-corrected chi connectivity index (χ1v) is 10.5. The SMILES string of the molecule is c1ccc(N=c2scc(-c3cc4ccccc4o3)n2CCCn2ccnc2)cc1. The second kappa shape index (κ2) is 7.93. The van der Waals surface area contributed by atoms with Crippen molar-refractivity contribution in [2.75, 3.05) is 0 Å². The summed E-state index contributed by atoms with van der Waals surface area (Å²) >= 11 is 1.64. The number of para-hydroxylation sites is 2. The van der Waals surface area contributed by atoms with Crippen LogP contribution in [-0.2, 0) is 13.1 Å². The second-order valence-electron chi connectivity index (χ2n) is 6.81. The fourth-order valence-electron chi connectivity index (χ4n) is 3.38. The van der Waals surface area contributed by atoms with Gasteiger partial charge in [0, 0.05) is 36.2 Å². The molecule has 0 amide bonds. The average Bonchev–Trinajstić information content (AvgIpc) is 3.49. The molecule has 29 heavy (non-hydrogen) atoms. The van der Waals surface area contributed by atoms with Crippen LogP contribution in [0, 0.1) is 0 Å². The molecule has 0 bridgehead atoms. The van der Waals surface area contributed by atoms with Gasteiger partial charge in [-0.05, 0) is 30.7 Å².